The second-order valence-electron chi connectivity index (χ2n) is 4.78. The number of rotatable bonds is 7. The van der Waals surface area contributed by atoms with Crippen LogP contribution in [0, 0.1) is 0 Å². The maximum Gasteiger partial charge on any atom is 0.179 e. The van der Waals surface area contributed by atoms with Gasteiger partial charge >= 0.3 is 0 Å². The van der Waals surface area contributed by atoms with Gasteiger partial charge in [-0.25, -0.2) is 8.42 Å². The first-order valence-corrected chi connectivity index (χ1v) is 7.89. The minimum atomic E-state index is -3.28. The Morgan fingerprint density at radius 1 is 1.32 bits per heavy atom. The van der Waals surface area contributed by atoms with Crippen molar-refractivity contribution in [3.8, 4) is 0 Å². The van der Waals surface area contributed by atoms with Crippen LogP contribution in [0.15, 0.2) is 29.2 Å². The van der Waals surface area contributed by atoms with Crippen molar-refractivity contribution in [3.63, 3.8) is 0 Å². The largest absolute Gasteiger partial charge is 0.392 e. The van der Waals surface area contributed by atoms with Crippen LogP contribution in [-0.2, 0) is 16.4 Å². The first kappa shape index (κ1) is 16.1. The summed E-state index contributed by atoms with van der Waals surface area (Å²) in [6.07, 6.45) is -0.462. The number of nitrogens with zero attached hydrogens (tertiary/aromatic N) is 1. The van der Waals surface area contributed by atoms with Crippen molar-refractivity contribution in [2.45, 2.75) is 24.5 Å². The summed E-state index contributed by atoms with van der Waals surface area (Å²) in [5.41, 5.74) is 6.38. The van der Waals surface area contributed by atoms with E-state index >= 15 is 0 Å². The van der Waals surface area contributed by atoms with Gasteiger partial charge in [-0.1, -0.05) is 12.1 Å². The van der Waals surface area contributed by atoms with Crippen LogP contribution in [-0.4, -0.2) is 50.4 Å². The Kier molecular flexibility index (Phi) is 5.93. The number of hydrogen-bond donors (Lipinski definition) is 2. The highest BCUT2D eigenvalue weighted by Gasteiger charge is 2.15. The van der Waals surface area contributed by atoms with Gasteiger partial charge in [0.25, 0.3) is 0 Å². The third-order valence-corrected chi connectivity index (χ3v) is 4.55. The highest BCUT2D eigenvalue weighted by Crippen LogP contribution is 2.12. The van der Waals surface area contributed by atoms with Gasteiger partial charge in [0.1, 0.15) is 0 Å². The number of nitrogens with two attached hydrogens (primary N) is 1. The number of aliphatic hydroxyl groups is 1. The molecule has 19 heavy (non-hydrogen) atoms. The molecule has 0 fully saturated rings. The zero-order chi connectivity index (χ0) is 14.5. The molecule has 6 heteroatoms. The minimum Gasteiger partial charge on any atom is -0.392 e. The maximum absolute atomic E-state index is 12.1. The lowest BCUT2D eigenvalue weighted by atomic mass is 10.2. The third-order valence-electron chi connectivity index (χ3n) is 2.84. The van der Waals surface area contributed by atoms with Crippen LogP contribution in [0.4, 0.5) is 0 Å². The average Bonchev–Trinajstić information content (AvgIpc) is 2.36. The van der Waals surface area contributed by atoms with Gasteiger partial charge in [-0.05, 0) is 31.7 Å². The molecule has 0 amide bonds. The molecule has 1 atom stereocenters. The van der Waals surface area contributed by atoms with Crippen LogP contribution < -0.4 is 5.73 Å². The van der Waals surface area contributed by atoms with Gasteiger partial charge < -0.3 is 15.7 Å². The molecule has 0 aliphatic rings. The van der Waals surface area contributed by atoms with Crippen molar-refractivity contribution < 1.29 is 13.5 Å². The molecule has 1 aromatic carbocycles. The SMILES string of the molecule is CC(O)CN(C)CCS(=O)(=O)c1ccc(CN)cc1. The van der Waals surface area contributed by atoms with Crippen LogP contribution >= 0.6 is 0 Å². The van der Waals surface area contributed by atoms with E-state index in [0.29, 0.717) is 24.5 Å². The van der Waals surface area contributed by atoms with Crippen molar-refractivity contribution in [1.82, 2.24) is 4.90 Å². The van der Waals surface area contributed by atoms with Crippen LogP contribution in [0.1, 0.15) is 12.5 Å². The van der Waals surface area contributed by atoms with Crippen molar-refractivity contribution in [2.24, 2.45) is 5.73 Å². The molecule has 0 heterocycles. The van der Waals surface area contributed by atoms with E-state index < -0.39 is 15.9 Å². The monoisotopic (exact) mass is 286 g/mol. The Bertz CT molecular complexity index is 483. The van der Waals surface area contributed by atoms with Crippen LogP contribution in [0.3, 0.4) is 0 Å². The van der Waals surface area contributed by atoms with Gasteiger partial charge in [0.2, 0.25) is 0 Å². The Balaban J connectivity index is 2.65. The Labute approximate surface area is 115 Å². The second-order valence-corrected chi connectivity index (χ2v) is 6.89. The summed E-state index contributed by atoms with van der Waals surface area (Å²) < 4.78 is 24.2. The second kappa shape index (κ2) is 7.00. The highest BCUT2D eigenvalue weighted by atomic mass is 32.2. The first-order chi connectivity index (χ1) is 8.85. The van der Waals surface area contributed by atoms with E-state index in [0.717, 1.165) is 5.56 Å². The van der Waals surface area contributed by atoms with Gasteiger partial charge in [0, 0.05) is 19.6 Å². The van der Waals surface area contributed by atoms with Crippen molar-refractivity contribution >= 4 is 9.84 Å². The quantitative estimate of drug-likeness (QED) is 0.750. The lowest BCUT2D eigenvalue weighted by Crippen LogP contribution is -2.31. The molecule has 0 aliphatic carbocycles. The van der Waals surface area contributed by atoms with Crippen LogP contribution in [0.2, 0.25) is 0 Å². The fourth-order valence-electron chi connectivity index (χ4n) is 1.77. The molecule has 0 bridgehead atoms. The number of aliphatic hydroxyl groups excluding tert-OH is 1. The molecule has 0 aromatic heterocycles. The van der Waals surface area contributed by atoms with Crippen molar-refractivity contribution in [1.29, 1.82) is 0 Å². The summed E-state index contributed by atoms with van der Waals surface area (Å²) in [6, 6.07) is 6.64. The standard InChI is InChI=1S/C13H22N2O3S/c1-11(16)10-15(2)7-8-19(17,18)13-5-3-12(9-14)4-6-13/h3-6,11,16H,7-10,14H2,1-2H3. The normalized spacial score (nSPS) is 13.7. The minimum absolute atomic E-state index is 0.0399. The van der Waals surface area contributed by atoms with Gasteiger partial charge in [0.05, 0.1) is 16.8 Å². The van der Waals surface area contributed by atoms with E-state index in [1.807, 2.05) is 0 Å². The fraction of sp³-hybridized carbons (Fsp3) is 0.538. The van der Waals surface area contributed by atoms with E-state index in [1.165, 1.54) is 0 Å². The molecule has 0 spiro atoms. The molecule has 0 radical (unpaired) electrons. The summed E-state index contributed by atoms with van der Waals surface area (Å²) in [5.74, 6) is 0.0399. The molecule has 0 aliphatic heterocycles. The predicted octanol–water partition coefficient (Wildman–Crippen LogP) is 0.232. The lowest BCUT2D eigenvalue weighted by molar-refractivity contribution is 0.145. The topological polar surface area (TPSA) is 83.6 Å². The first-order valence-electron chi connectivity index (χ1n) is 6.23. The summed E-state index contributed by atoms with van der Waals surface area (Å²) in [6.45, 7) is 2.93. The highest BCUT2D eigenvalue weighted by molar-refractivity contribution is 7.91. The van der Waals surface area contributed by atoms with E-state index in [1.54, 1.807) is 43.1 Å². The number of likely N-dealkylation sites (N-methyl/N-ethyl adjacent to an activating group) is 1. The third kappa shape index (κ3) is 5.28. The maximum atomic E-state index is 12.1. The summed E-state index contributed by atoms with van der Waals surface area (Å²) in [4.78, 5) is 2.12. The molecule has 3 N–H and O–H groups in total. The van der Waals surface area contributed by atoms with Crippen molar-refractivity contribution in [3.05, 3.63) is 29.8 Å². The molecule has 5 nitrogen and oxygen atoms in total. The molecule has 0 saturated heterocycles. The number of benzene rings is 1. The van der Waals surface area contributed by atoms with Gasteiger partial charge in [-0.15, -0.1) is 0 Å². The Morgan fingerprint density at radius 2 is 1.89 bits per heavy atom. The average molecular weight is 286 g/mol. The number of sulfone groups is 1. The molecular formula is C13H22N2O3S. The van der Waals surface area contributed by atoms with Gasteiger partial charge in [-0.2, -0.15) is 0 Å². The zero-order valence-electron chi connectivity index (χ0n) is 11.4. The molecular weight excluding hydrogens is 264 g/mol. The molecule has 0 saturated carbocycles. The Hall–Kier alpha value is -0.950. The summed E-state index contributed by atoms with van der Waals surface area (Å²) in [5, 5.41) is 9.22. The molecule has 108 valence electrons. The van der Waals surface area contributed by atoms with E-state index in [2.05, 4.69) is 0 Å². The molecule has 1 unspecified atom stereocenters. The lowest BCUT2D eigenvalue weighted by Gasteiger charge is -2.18. The van der Waals surface area contributed by atoms with Crippen molar-refractivity contribution in [2.75, 3.05) is 25.9 Å². The smallest absolute Gasteiger partial charge is 0.179 e. The Morgan fingerprint density at radius 3 is 2.37 bits per heavy atom. The van der Waals surface area contributed by atoms with E-state index in [-0.39, 0.29) is 5.75 Å². The van der Waals surface area contributed by atoms with Crippen LogP contribution in [0.25, 0.3) is 0 Å². The van der Waals surface area contributed by atoms with E-state index in [9.17, 15) is 13.5 Å². The fourth-order valence-corrected chi connectivity index (χ4v) is 3.11. The molecule has 1 rings (SSSR count). The molecule has 1 aromatic rings. The summed E-state index contributed by atoms with van der Waals surface area (Å²) in [7, 11) is -1.49. The van der Waals surface area contributed by atoms with E-state index in [4.69, 9.17) is 5.73 Å². The van der Waals surface area contributed by atoms with Gasteiger partial charge in [-0.3, -0.25) is 0 Å². The summed E-state index contributed by atoms with van der Waals surface area (Å²) >= 11 is 0. The van der Waals surface area contributed by atoms with Gasteiger partial charge in [0.15, 0.2) is 9.84 Å². The van der Waals surface area contributed by atoms with Crippen LogP contribution in [0.5, 0.6) is 0 Å². The predicted molar refractivity (Wildman–Crippen MR) is 75.6 cm³/mol. The zero-order valence-corrected chi connectivity index (χ0v) is 12.2. The number of hydrogen-bond acceptors (Lipinski definition) is 5.